The minimum atomic E-state index is -0.661. The molecular formula is C16H22ClN3O2. The quantitative estimate of drug-likeness (QED) is 0.835. The summed E-state index contributed by atoms with van der Waals surface area (Å²) in [5.74, 6) is -1.27. The van der Waals surface area contributed by atoms with Gasteiger partial charge in [-0.2, -0.15) is 0 Å². The van der Waals surface area contributed by atoms with E-state index in [0.717, 1.165) is 31.5 Å². The molecular weight excluding hydrogens is 302 g/mol. The van der Waals surface area contributed by atoms with Gasteiger partial charge in [0.1, 0.15) is 0 Å². The lowest BCUT2D eigenvalue weighted by Gasteiger charge is -2.22. The van der Waals surface area contributed by atoms with Crippen LogP contribution in [0.5, 0.6) is 0 Å². The minimum absolute atomic E-state index is 0.328. The van der Waals surface area contributed by atoms with E-state index in [2.05, 4.69) is 22.5 Å². The average molecular weight is 324 g/mol. The molecule has 0 aliphatic carbocycles. The number of rotatable bonds is 4. The third kappa shape index (κ3) is 3.99. The van der Waals surface area contributed by atoms with Crippen LogP contribution >= 0.6 is 11.6 Å². The van der Waals surface area contributed by atoms with Gasteiger partial charge in [0.25, 0.3) is 0 Å². The van der Waals surface area contributed by atoms with Crippen LogP contribution in [0.1, 0.15) is 25.3 Å². The molecule has 1 aliphatic heterocycles. The summed E-state index contributed by atoms with van der Waals surface area (Å²) in [6.07, 6.45) is 2.20. The number of benzene rings is 1. The van der Waals surface area contributed by atoms with E-state index in [1.165, 1.54) is 0 Å². The number of amides is 2. The maximum atomic E-state index is 12.0. The number of anilines is 1. The molecule has 1 aromatic carbocycles. The second kappa shape index (κ2) is 7.61. The van der Waals surface area contributed by atoms with Gasteiger partial charge in [-0.15, -0.1) is 0 Å². The largest absolute Gasteiger partial charge is 0.346 e. The Kier molecular flexibility index (Phi) is 5.80. The lowest BCUT2D eigenvalue weighted by molar-refractivity contribution is -0.136. The van der Waals surface area contributed by atoms with Crippen LogP contribution in [0.4, 0.5) is 5.69 Å². The summed E-state index contributed by atoms with van der Waals surface area (Å²) in [4.78, 5) is 26.2. The first-order chi connectivity index (χ1) is 10.5. The van der Waals surface area contributed by atoms with Crippen LogP contribution in [0.25, 0.3) is 0 Å². The lowest BCUT2D eigenvalue weighted by Crippen LogP contribution is -2.43. The Balaban J connectivity index is 1.87. The molecule has 1 atom stereocenters. The van der Waals surface area contributed by atoms with Gasteiger partial charge in [-0.1, -0.05) is 24.6 Å². The van der Waals surface area contributed by atoms with Gasteiger partial charge in [0.05, 0.1) is 0 Å². The van der Waals surface area contributed by atoms with Crippen LogP contribution in [-0.2, 0) is 9.59 Å². The SMILES string of the molecule is CCN1CCC[C@H]1CNC(=O)C(=O)Nc1cccc(Cl)c1C. The molecule has 0 aromatic heterocycles. The second-order valence-electron chi connectivity index (χ2n) is 5.50. The van der Waals surface area contributed by atoms with Crippen molar-refractivity contribution in [3.05, 3.63) is 28.8 Å². The third-order valence-corrected chi connectivity index (χ3v) is 4.54. The first-order valence-corrected chi connectivity index (χ1v) is 7.99. The molecule has 120 valence electrons. The Labute approximate surface area is 136 Å². The average Bonchev–Trinajstić information content (AvgIpc) is 2.96. The van der Waals surface area contributed by atoms with Crippen LogP contribution in [0.15, 0.2) is 18.2 Å². The van der Waals surface area contributed by atoms with E-state index in [1.54, 1.807) is 25.1 Å². The molecule has 2 N–H and O–H groups in total. The van der Waals surface area contributed by atoms with Crippen molar-refractivity contribution in [2.75, 3.05) is 25.0 Å². The van der Waals surface area contributed by atoms with E-state index >= 15 is 0 Å². The predicted molar refractivity (Wildman–Crippen MR) is 88.1 cm³/mol. The van der Waals surface area contributed by atoms with Gasteiger partial charge in [0, 0.05) is 23.3 Å². The molecule has 2 rings (SSSR count). The summed E-state index contributed by atoms with van der Waals surface area (Å²) in [6.45, 7) is 6.44. The summed E-state index contributed by atoms with van der Waals surface area (Å²) >= 11 is 6.00. The first-order valence-electron chi connectivity index (χ1n) is 7.61. The maximum absolute atomic E-state index is 12.0. The van der Waals surface area contributed by atoms with E-state index < -0.39 is 11.8 Å². The van der Waals surface area contributed by atoms with Crippen LogP contribution in [-0.4, -0.2) is 42.4 Å². The molecule has 1 fully saturated rings. The minimum Gasteiger partial charge on any atom is -0.346 e. The summed E-state index contributed by atoms with van der Waals surface area (Å²) in [5.41, 5.74) is 1.31. The molecule has 0 radical (unpaired) electrons. The number of nitrogens with one attached hydrogen (secondary N) is 2. The van der Waals surface area contributed by atoms with E-state index in [-0.39, 0.29) is 0 Å². The standard InChI is InChI=1S/C16H22ClN3O2/c1-3-20-9-5-6-12(20)10-18-15(21)16(22)19-14-8-4-7-13(17)11(14)2/h4,7-8,12H,3,5-6,9-10H2,1-2H3,(H,18,21)(H,19,22)/t12-/m0/s1. The first kappa shape index (κ1) is 16.8. The molecule has 1 heterocycles. The van der Waals surface area contributed by atoms with Crippen LogP contribution < -0.4 is 10.6 Å². The van der Waals surface area contributed by atoms with Crippen molar-refractivity contribution in [3.8, 4) is 0 Å². The fraction of sp³-hybridized carbons (Fsp3) is 0.500. The van der Waals surface area contributed by atoms with Crippen LogP contribution in [0, 0.1) is 6.92 Å². The molecule has 1 aromatic rings. The van der Waals surface area contributed by atoms with Gasteiger partial charge in [0.2, 0.25) is 0 Å². The Morgan fingerprint density at radius 1 is 1.36 bits per heavy atom. The Bertz CT molecular complexity index is 562. The van der Waals surface area contributed by atoms with Crippen molar-refractivity contribution in [2.24, 2.45) is 0 Å². The summed E-state index contributed by atoms with van der Waals surface area (Å²) in [7, 11) is 0. The van der Waals surface area contributed by atoms with Crippen molar-refractivity contribution in [3.63, 3.8) is 0 Å². The Morgan fingerprint density at radius 3 is 2.86 bits per heavy atom. The number of hydrogen-bond acceptors (Lipinski definition) is 3. The molecule has 1 aliphatic rings. The normalized spacial score (nSPS) is 18.2. The van der Waals surface area contributed by atoms with Crippen molar-refractivity contribution in [1.82, 2.24) is 10.2 Å². The number of hydrogen-bond donors (Lipinski definition) is 2. The molecule has 0 unspecified atom stereocenters. The number of likely N-dealkylation sites (N-methyl/N-ethyl adjacent to an activating group) is 1. The summed E-state index contributed by atoms with van der Waals surface area (Å²) < 4.78 is 0. The highest BCUT2D eigenvalue weighted by Crippen LogP contribution is 2.22. The molecule has 2 amide bonds. The third-order valence-electron chi connectivity index (χ3n) is 4.13. The maximum Gasteiger partial charge on any atom is 0.313 e. The number of nitrogens with zero attached hydrogens (tertiary/aromatic N) is 1. The molecule has 0 bridgehead atoms. The van der Waals surface area contributed by atoms with Crippen molar-refractivity contribution < 1.29 is 9.59 Å². The number of halogens is 1. The van der Waals surface area contributed by atoms with E-state index in [9.17, 15) is 9.59 Å². The van der Waals surface area contributed by atoms with Gasteiger partial charge >= 0.3 is 11.8 Å². The van der Waals surface area contributed by atoms with Crippen molar-refractivity contribution in [1.29, 1.82) is 0 Å². The molecule has 0 spiro atoms. The molecule has 6 heteroatoms. The Morgan fingerprint density at radius 2 is 2.14 bits per heavy atom. The lowest BCUT2D eigenvalue weighted by atomic mass is 10.2. The summed E-state index contributed by atoms with van der Waals surface area (Å²) in [5, 5.41) is 5.88. The highest BCUT2D eigenvalue weighted by Gasteiger charge is 2.24. The number of carbonyl (C=O) groups excluding carboxylic acids is 2. The van der Waals surface area contributed by atoms with Crippen LogP contribution in [0.2, 0.25) is 5.02 Å². The fourth-order valence-electron chi connectivity index (χ4n) is 2.76. The van der Waals surface area contributed by atoms with Gasteiger partial charge < -0.3 is 10.6 Å². The second-order valence-corrected chi connectivity index (χ2v) is 5.91. The van der Waals surface area contributed by atoms with Gasteiger partial charge in [-0.05, 0) is 50.6 Å². The monoisotopic (exact) mass is 323 g/mol. The van der Waals surface area contributed by atoms with Crippen LogP contribution in [0.3, 0.4) is 0 Å². The fourth-order valence-corrected chi connectivity index (χ4v) is 2.93. The highest BCUT2D eigenvalue weighted by molar-refractivity contribution is 6.40. The van der Waals surface area contributed by atoms with Gasteiger partial charge in [-0.3, -0.25) is 14.5 Å². The predicted octanol–water partition coefficient (Wildman–Crippen LogP) is 2.19. The molecule has 0 saturated carbocycles. The molecule has 5 nitrogen and oxygen atoms in total. The molecule has 22 heavy (non-hydrogen) atoms. The molecule has 1 saturated heterocycles. The van der Waals surface area contributed by atoms with E-state index in [0.29, 0.717) is 23.3 Å². The van der Waals surface area contributed by atoms with E-state index in [4.69, 9.17) is 11.6 Å². The van der Waals surface area contributed by atoms with Crippen molar-refractivity contribution >= 4 is 29.1 Å². The zero-order chi connectivity index (χ0) is 16.1. The summed E-state index contributed by atoms with van der Waals surface area (Å²) in [6, 6.07) is 5.53. The van der Waals surface area contributed by atoms with Crippen molar-refractivity contribution in [2.45, 2.75) is 32.7 Å². The van der Waals surface area contributed by atoms with E-state index in [1.807, 2.05) is 0 Å². The zero-order valence-electron chi connectivity index (χ0n) is 13.0. The number of carbonyl (C=O) groups is 2. The zero-order valence-corrected chi connectivity index (χ0v) is 13.7. The topological polar surface area (TPSA) is 61.4 Å². The smallest absolute Gasteiger partial charge is 0.313 e. The highest BCUT2D eigenvalue weighted by atomic mass is 35.5. The van der Waals surface area contributed by atoms with Gasteiger partial charge in [0.15, 0.2) is 0 Å². The Hall–Kier alpha value is -1.59. The van der Waals surface area contributed by atoms with Gasteiger partial charge in [-0.25, -0.2) is 0 Å². The number of likely N-dealkylation sites (tertiary alicyclic amines) is 1.